The summed E-state index contributed by atoms with van der Waals surface area (Å²) in [6.07, 6.45) is 0. The van der Waals surface area contributed by atoms with E-state index in [-0.39, 0.29) is 5.92 Å². The van der Waals surface area contributed by atoms with Crippen LogP contribution in [0.15, 0.2) is 24.3 Å². The van der Waals surface area contributed by atoms with Crippen LogP contribution >= 0.6 is 0 Å². The predicted octanol–water partition coefficient (Wildman–Crippen LogP) is 2.66. The van der Waals surface area contributed by atoms with E-state index >= 15 is 0 Å². The zero-order chi connectivity index (χ0) is 14.6. The van der Waals surface area contributed by atoms with Crippen LogP contribution in [0.5, 0.6) is 0 Å². The van der Waals surface area contributed by atoms with Crippen LogP contribution < -0.4 is 10.6 Å². The van der Waals surface area contributed by atoms with Crippen molar-refractivity contribution in [2.24, 2.45) is 0 Å². The molecule has 2 N–H and O–H groups in total. The van der Waals surface area contributed by atoms with Gasteiger partial charge >= 0.3 is 11.8 Å². The van der Waals surface area contributed by atoms with E-state index in [2.05, 4.69) is 10.6 Å². The van der Waals surface area contributed by atoms with Gasteiger partial charge in [0.2, 0.25) is 0 Å². The van der Waals surface area contributed by atoms with Gasteiger partial charge in [0.25, 0.3) is 0 Å². The van der Waals surface area contributed by atoms with Gasteiger partial charge in [0, 0.05) is 11.2 Å². The molecule has 0 radical (unpaired) electrons. The van der Waals surface area contributed by atoms with E-state index in [1.54, 1.807) is 6.07 Å². The molecule has 0 bridgehead atoms. The van der Waals surface area contributed by atoms with Crippen LogP contribution in [-0.4, -0.2) is 17.4 Å². The normalized spacial score (nSPS) is 11.3. The Bertz CT molecular complexity index is 473. The largest absolute Gasteiger partial charge is 0.343 e. The molecule has 19 heavy (non-hydrogen) atoms. The number of para-hydroxylation sites is 1. The number of anilines is 1. The van der Waals surface area contributed by atoms with E-state index in [1.807, 2.05) is 52.8 Å². The van der Waals surface area contributed by atoms with Gasteiger partial charge in [-0.3, -0.25) is 9.59 Å². The zero-order valence-corrected chi connectivity index (χ0v) is 12.2. The summed E-state index contributed by atoms with van der Waals surface area (Å²) in [5, 5.41) is 5.30. The summed E-state index contributed by atoms with van der Waals surface area (Å²) in [6, 6.07) is 7.50. The Morgan fingerprint density at radius 3 is 2.16 bits per heavy atom. The molecule has 4 heteroatoms. The van der Waals surface area contributed by atoms with Gasteiger partial charge in [-0.25, -0.2) is 0 Å². The molecule has 0 aliphatic rings. The highest BCUT2D eigenvalue weighted by Crippen LogP contribution is 2.23. The maximum atomic E-state index is 11.8. The standard InChI is InChI=1S/C15H22N2O2/c1-10(2)11-8-6-7-9-12(11)16-13(18)14(19)17-15(3,4)5/h6-10H,1-5H3,(H,16,18)(H,17,19). The molecule has 0 saturated carbocycles. The number of rotatable bonds is 2. The van der Waals surface area contributed by atoms with Crippen LogP contribution in [0.25, 0.3) is 0 Å². The topological polar surface area (TPSA) is 58.2 Å². The van der Waals surface area contributed by atoms with Gasteiger partial charge in [0.05, 0.1) is 0 Å². The Morgan fingerprint density at radius 2 is 1.63 bits per heavy atom. The first-order chi connectivity index (χ1) is 8.70. The second-order valence-electron chi connectivity index (χ2n) is 5.90. The summed E-state index contributed by atoms with van der Waals surface area (Å²) in [5.74, 6) is -0.976. The van der Waals surface area contributed by atoms with Gasteiger partial charge in [-0.05, 0) is 38.3 Å². The maximum Gasteiger partial charge on any atom is 0.313 e. The molecule has 0 unspecified atom stereocenters. The number of hydrogen-bond acceptors (Lipinski definition) is 2. The third kappa shape index (κ3) is 4.73. The average Bonchev–Trinajstić information content (AvgIpc) is 2.27. The highest BCUT2D eigenvalue weighted by molar-refractivity contribution is 6.39. The van der Waals surface area contributed by atoms with Crippen LogP contribution in [-0.2, 0) is 9.59 Å². The minimum absolute atomic E-state index is 0.280. The molecule has 4 nitrogen and oxygen atoms in total. The monoisotopic (exact) mass is 262 g/mol. The Kier molecular flexibility index (Phi) is 4.70. The molecule has 1 aromatic carbocycles. The molecular weight excluding hydrogens is 240 g/mol. The van der Waals surface area contributed by atoms with E-state index < -0.39 is 17.4 Å². The fourth-order valence-corrected chi connectivity index (χ4v) is 1.69. The Morgan fingerprint density at radius 1 is 1.05 bits per heavy atom. The molecule has 0 atom stereocenters. The highest BCUT2D eigenvalue weighted by Gasteiger charge is 2.21. The third-order valence-electron chi connectivity index (χ3n) is 2.53. The van der Waals surface area contributed by atoms with Gasteiger partial charge in [-0.2, -0.15) is 0 Å². The van der Waals surface area contributed by atoms with Crippen molar-refractivity contribution in [2.45, 2.75) is 46.1 Å². The molecule has 1 rings (SSSR count). The lowest BCUT2D eigenvalue weighted by Crippen LogP contribution is -2.46. The molecule has 0 heterocycles. The van der Waals surface area contributed by atoms with E-state index in [9.17, 15) is 9.59 Å². The van der Waals surface area contributed by atoms with Crippen molar-refractivity contribution in [1.82, 2.24) is 5.32 Å². The second-order valence-corrected chi connectivity index (χ2v) is 5.90. The minimum atomic E-state index is -0.636. The molecule has 0 spiro atoms. The van der Waals surface area contributed by atoms with E-state index in [4.69, 9.17) is 0 Å². The number of carbonyl (C=O) groups excluding carboxylic acids is 2. The predicted molar refractivity (Wildman–Crippen MR) is 77.1 cm³/mol. The van der Waals surface area contributed by atoms with Crippen molar-refractivity contribution in [2.75, 3.05) is 5.32 Å². The summed E-state index contributed by atoms with van der Waals surface area (Å²) in [6.45, 7) is 9.58. The number of amides is 2. The van der Waals surface area contributed by atoms with Crippen LogP contribution in [0.1, 0.15) is 46.1 Å². The lowest BCUT2D eigenvalue weighted by atomic mass is 10.0. The number of nitrogens with one attached hydrogen (secondary N) is 2. The van der Waals surface area contributed by atoms with Crippen LogP contribution in [0.2, 0.25) is 0 Å². The Labute approximate surface area is 114 Å². The van der Waals surface area contributed by atoms with Crippen molar-refractivity contribution in [3.05, 3.63) is 29.8 Å². The van der Waals surface area contributed by atoms with Gasteiger partial charge in [-0.1, -0.05) is 32.0 Å². The lowest BCUT2D eigenvalue weighted by Gasteiger charge is -2.20. The molecule has 0 aliphatic heterocycles. The molecule has 1 aromatic rings. The molecule has 0 aliphatic carbocycles. The van der Waals surface area contributed by atoms with Crippen molar-refractivity contribution in [3.8, 4) is 0 Å². The maximum absolute atomic E-state index is 11.8. The molecule has 104 valence electrons. The fraction of sp³-hybridized carbons (Fsp3) is 0.467. The van der Waals surface area contributed by atoms with E-state index in [1.165, 1.54) is 0 Å². The first kappa shape index (κ1) is 15.2. The Balaban J connectivity index is 2.80. The van der Waals surface area contributed by atoms with E-state index in [0.29, 0.717) is 5.69 Å². The summed E-state index contributed by atoms with van der Waals surface area (Å²) in [5.41, 5.74) is 1.28. The smallest absolute Gasteiger partial charge is 0.313 e. The van der Waals surface area contributed by atoms with Gasteiger partial charge < -0.3 is 10.6 Å². The second kappa shape index (κ2) is 5.87. The number of benzene rings is 1. The van der Waals surface area contributed by atoms with Crippen molar-refractivity contribution in [3.63, 3.8) is 0 Å². The first-order valence-electron chi connectivity index (χ1n) is 6.43. The van der Waals surface area contributed by atoms with Crippen molar-refractivity contribution < 1.29 is 9.59 Å². The Hall–Kier alpha value is -1.84. The fourth-order valence-electron chi connectivity index (χ4n) is 1.69. The van der Waals surface area contributed by atoms with Gasteiger partial charge in [0.1, 0.15) is 0 Å². The van der Waals surface area contributed by atoms with Gasteiger partial charge in [-0.15, -0.1) is 0 Å². The molecule has 0 aromatic heterocycles. The number of hydrogen-bond donors (Lipinski definition) is 2. The summed E-state index contributed by atoms with van der Waals surface area (Å²) >= 11 is 0. The first-order valence-corrected chi connectivity index (χ1v) is 6.43. The molecule has 0 fully saturated rings. The summed E-state index contributed by atoms with van der Waals surface area (Å²) < 4.78 is 0. The van der Waals surface area contributed by atoms with Crippen LogP contribution in [0.4, 0.5) is 5.69 Å². The van der Waals surface area contributed by atoms with E-state index in [0.717, 1.165) is 5.56 Å². The van der Waals surface area contributed by atoms with Crippen LogP contribution in [0.3, 0.4) is 0 Å². The lowest BCUT2D eigenvalue weighted by molar-refractivity contribution is -0.137. The quantitative estimate of drug-likeness (QED) is 0.805. The average molecular weight is 262 g/mol. The highest BCUT2D eigenvalue weighted by atomic mass is 16.2. The third-order valence-corrected chi connectivity index (χ3v) is 2.53. The zero-order valence-electron chi connectivity index (χ0n) is 12.2. The summed E-state index contributed by atoms with van der Waals surface area (Å²) in [7, 11) is 0. The molecule has 2 amide bonds. The summed E-state index contributed by atoms with van der Waals surface area (Å²) in [4.78, 5) is 23.6. The molecule has 0 saturated heterocycles. The van der Waals surface area contributed by atoms with Crippen LogP contribution in [0, 0.1) is 0 Å². The van der Waals surface area contributed by atoms with Crippen molar-refractivity contribution in [1.29, 1.82) is 0 Å². The minimum Gasteiger partial charge on any atom is -0.343 e. The SMILES string of the molecule is CC(C)c1ccccc1NC(=O)C(=O)NC(C)(C)C. The molecular formula is C15H22N2O2. The van der Waals surface area contributed by atoms with Gasteiger partial charge in [0.15, 0.2) is 0 Å². The number of carbonyl (C=O) groups is 2. The van der Waals surface area contributed by atoms with Crippen molar-refractivity contribution >= 4 is 17.5 Å².